The van der Waals surface area contributed by atoms with Gasteiger partial charge >= 0.3 is 0 Å². The minimum atomic E-state index is 0.179. The van der Waals surface area contributed by atoms with Gasteiger partial charge in [0.05, 0.1) is 11.9 Å². The second-order valence-electron chi connectivity index (χ2n) is 5.07. The molecule has 22 heavy (non-hydrogen) atoms. The van der Waals surface area contributed by atoms with Crippen molar-refractivity contribution in [2.24, 2.45) is 0 Å². The lowest BCUT2D eigenvalue weighted by molar-refractivity contribution is 0.885. The maximum atomic E-state index is 6.01. The van der Waals surface area contributed by atoms with Crippen LogP contribution >= 0.6 is 11.6 Å². The van der Waals surface area contributed by atoms with Crippen LogP contribution in [0.25, 0.3) is 0 Å². The first-order chi connectivity index (χ1) is 10.7. The molecular formula is C17H17ClN4. The molecule has 1 atom stereocenters. The molecule has 112 valence electrons. The third kappa shape index (κ3) is 3.40. The second-order valence-corrected chi connectivity index (χ2v) is 5.51. The minimum absolute atomic E-state index is 0.179. The monoisotopic (exact) mass is 312 g/mol. The van der Waals surface area contributed by atoms with E-state index in [9.17, 15) is 0 Å². The average Bonchev–Trinajstić information content (AvgIpc) is 2.95. The summed E-state index contributed by atoms with van der Waals surface area (Å²) in [5.74, 6) is 0.810. The fourth-order valence-electron chi connectivity index (χ4n) is 2.26. The van der Waals surface area contributed by atoms with Crippen LogP contribution in [-0.2, 0) is 0 Å². The summed E-state index contributed by atoms with van der Waals surface area (Å²) in [6.45, 7) is 2.12. The zero-order valence-corrected chi connectivity index (χ0v) is 12.9. The molecule has 0 unspecified atom stereocenters. The molecule has 1 aromatic heterocycles. The Morgan fingerprint density at radius 3 is 2.68 bits per heavy atom. The zero-order valence-electron chi connectivity index (χ0n) is 12.2. The van der Waals surface area contributed by atoms with Gasteiger partial charge in [-0.05, 0) is 30.7 Å². The Balaban J connectivity index is 1.75. The molecule has 5 heteroatoms. The van der Waals surface area contributed by atoms with Crippen LogP contribution in [0.1, 0.15) is 18.5 Å². The lowest BCUT2D eigenvalue weighted by Crippen LogP contribution is -2.07. The standard InChI is InChI=1S/C17H17ClN4/c1-12(13-6-3-2-4-7-13)20-16-11-19-22-17(16)21-15-9-5-8-14(18)10-15/h2-12,20H,1H3,(H2,19,21,22)/t12-/m1/s1. The lowest BCUT2D eigenvalue weighted by Gasteiger charge is -2.16. The van der Waals surface area contributed by atoms with Crippen molar-refractivity contribution in [3.63, 3.8) is 0 Å². The Morgan fingerprint density at radius 1 is 1.09 bits per heavy atom. The number of halogens is 1. The van der Waals surface area contributed by atoms with E-state index in [0.29, 0.717) is 5.02 Å². The maximum Gasteiger partial charge on any atom is 0.149 e. The van der Waals surface area contributed by atoms with E-state index in [4.69, 9.17) is 11.6 Å². The van der Waals surface area contributed by atoms with Gasteiger partial charge in [0.1, 0.15) is 5.82 Å². The Labute approximate surface area is 134 Å². The molecule has 0 amide bonds. The van der Waals surface area contributed by atoms with Crippen LogP contribution in [0.5, 0.6) is 0 Å². The molecule has 0 aliphatic heterocycles. The maximum absolute atomic E-state index is 6.01. The van der Waals surface area contributed by atoms with E-state index in [2.05, 4.69) is 39.9 Å². The highest BCUT2D eigenvalue weighted by Gasteiger charge is 2.10. The van der Waals surface area contributed by atoms with Crippen molar-refractivity contribution in [1.29, 1.82) is 0 Å². The molecule has 3 N–H and O–H groups in total. The van der Waals surface area contributed by atoms with Crippen LogP contribution in [0.4, 0.5) is 17.2 Å². The number of benzene rings is 2. The first kappa shape index (κ1) is 14.5. The van der Waals surface area contributed by atoms with E-state index in [-0.39, 0.29) is 6.04 Å². The summed E-state index contributed by atoms with van der Waals surface area (Å²) in [7, 11) is 0. The number of H-pyrrole nitrogens is 1. The number of aromatic amines is 1. The molecule has 0 saturated carbocycles. The average molecular weight is 313 g/mol. The van der Waals surface area contributed by atoms with Gasteiger partial charge in [0.25, 0.3) is 0 Å². The lowest BCUT2D eigenvalue weighted by atomic mass is 10.1. The van der Waals surface area contributed by atoms with E-state index >= 15 is 0 Å². The van der Waals surface area contributed by atoms with Gasteiger partial charge in [-0.2, -0.15) is 5.10 Å². The normalized spacial score (nSPS) is 11.9. The van der Waals surface area contributed by atoms with Gasteiger partial charge in [-0.3, -0.25) is 5.10 Å². The van der Waals surface area contributed by atoms with Gasteiger partial charge in [0.15, 0.2) is 0 Å². The molecule has 0 radical (unpaired) electrons. The van der Waals surface area contributed by atoms with Crippen molar-refractivity contribution >= 4 is 28.8 Å². The molecule has 0 aliphatic rings. The van der Waals surface area contributed by atoms with Gasteiger partial charge in [-0.1, -0.05) is 48.0 Å². The predicted molar refractivity (Wildman–Crippen MR) is 91.8 cm³/mol. The Morgan fingerprint density at radius 2 is 1.91 bits per heavy atom. The van der Waals surface area contributed by atoms with E-state index in [1.165, 1.54) is 5.56 Å². The van der Waals surface area contributed by atoms with Gasteiger partial charge in [-0.15, -0.1) is 0 Å². The van der Waals surface area contributed by atoms with Crippen LogP contribution < -0.4 is 10.6 Å². The number of hydrogen-bond acceptors (Lipinski definition) is 3. The van der Waals surface area contributed by atoms with Gasteiger partial charge in [-0.25, -0.2) is 0 Å². The first-order valence-corrected chi connectivity index (χ1v) is 7.47. The molecule has 0 saturated heterocycles. The summed E-state index contributed by atoms with van der Waals surface area (Å²) in [6.07, 6.45) is 1.77. The Bertz CT molecular complexity index is 739. The van der Waals surface area contributed by atoms with E-state index < -0.39 is 0 Å². The molecule has 0 aliphatic carbocycles. The molecule has 3 aromatic rings. The van der Waals surface area contributed by atoms with Crippen LogP contribution in [0.2, 0.25) is 5.02 Å². The van der Waals surface area contributed by atoms with Gasteiger partial charge in [0.2, 0.25) is 0 Å². The van der Waals surface area contributed by atoms with Crippen molar-refractivity contribution < 1.29 is 0 Å². The van der Waals surface area contributed by atoms with Crippen molar-refractivity contribution in [2.75, 3.05) is 10.6 Å². The third-order valence-electron chi connectivity index (χ3n) is 3.40. The molecule has 1 heterocycles. The van der Waals surface area contributed by atoms with Crippen molar-refractivity contribution in [1.82, 2.24) is 10.2 Å². The van der Waals surface area contributed by atoms with Gasteiger partial charge < -0.3 is 10.6 Å². The quantitative estimate of drug-likeness (QED) is 0.622. The predicted octanol–water partition coefficient (Wildman–Crippen LogP) is 4.98. The largest absolute Gasteiger partial charge is 0.374 e. The molecule has 2 aromatic carbocycles. The smallest absolute Gasteiger partial charge is 0.149 e. The number of nitrogens with one attached hydrogen (secondary N) is 3. The van der Waals surface area contributed by atoms with E-state index in [0.717, 1.165) is 17.2 Å². The molecule has 0 fully saturated rings. The Kier molecular flexibility index (Phi) is 4.30. The van der Waals surface area contributed by atoms with E-state index in [1.54, 1.807) is 6.20 Å². The summed E-state index contributed by atoms with van der Waals surface area (Å²) >= 11 is 6.01. The van der Waals surface area contributed by atoms with Crippen LogP contribution in [-0.4, -0.2) is 10.2 Å². The fraction of sp³-hybridized carbons (Fsp3) is 0.118. The third-order valence-corrected chi connectivity index (χ3v) is 3.64. The second kappa shape index (κ2) is 6.54. The molecule has 0 spiro atoms. The van der Waals surface area contributed by atoms with Crippen molar-refractivity contribution in [3.8, 4) is 0 Å². The summed E-state index contributed by atoms with van der Waals surface area (Å²) in [5, 5.41) is 14.5. The SMILES string of the molecule is C[C@@H](Nc1cn[nH]c1Nc1cccc(Cl)c1)c1ccccc1. The first-order valence-electron chi connectivity index (χ1n) is 7.10. The molecule has 4 nitrogen and oxygen atoms in total. The molecule has 0 bridgehead atoms. The van der Waals surface area contributed by atoms with E-state index in [1.807, 2.05) is 42.5 Å². The number of rotatable bonds is 5. The van der Waals surface area contributed by atoms with Crippen molar-refractivity contribution in [3.05, 3.63) is 71.4 Å². The molecular weight excluding hydrogens is 296 g/mol. The fourth-order valence-corrected chi connectivity index (χ4v) is 2.45. The van der Waals surface area contributed by atoms with Crippen molar-refractivity contribution in [2.45, 2.75) is 13.0 Å². The van der Waals surface area contributed by atoms with Gasteiger partial charge in [0, 0.05) is 16.8 Å². The summed E-state index contributed by atoms with van der Waals surface area (Å²) in [6, 6.07) is 18.0. The molecule has 3 rings (SSSR count). The number of nitrogens with zero attached hydrogens (tertiary/aromatic N) is 1. The van der Waals surface area contributed by atoms with Crippen LogP contribution in [0.15, 0.2) is 60.8 Å². The highest BCUT2D eigenvalue weighted by molar-refractivity contribution is 6.30. The summed E-state index contributed by atoms with van der Waals surface area (Å²) in [4.78, 5) is 0. The van der Waals surface area contributed by atoms with Crippen LogP contribution in [0.3, 0.4) is 0 Å². The Hall–Kier alpha value is -2.46. The topological polar surface area (TPSA) is 52.7 Å². The number of anilines is 3. The summed E-state index contributed by atoms with van der Waals surface area (Å²) in [5.41, 5.74) is 3.04. The number of hydrogen-bond donors (Lipinski definition) is 3. The zero-order chi connectivity index (χ0) is 15.4. The highest BCUT2D eigenvalue weighted by atomic mass is 35.5. The highest BCUT2D eigenvalue weighted by Crippen LogP contribution is 2.27. The minimum Gasteiger partial charge on any atom is -0.374 e. The summed E-state index contributed by atoms with van der Waals surface area (Å²) < 4.78 is 0. The number of aromatic nitrogens is 2. The van der Waals surface area contributed by atoms with Crippen LogP contribution in [0, 0.1) is 0 Å².